The molecule has 2 fully saturated rings. The number of rotatable bonds is 6. The summed E-state index contributed by atoms with van der Waals surface area (Å²) in [5.41, 5.74) is 0. The quantitative estimate of drug-likeness (QED) is 0.879. The van der Waals surface area contributed by atoms with Gasteiger partial charge in [0.05, 0.1) is 0 Å². The molecule has 2 aliphatic rings. The van der Waals surface area contributed by atoms with Crippen LogP contribution in [-0.2, 0) is 11.2 Å². The SMILES string of the molecule is CC(C)C1CCC(C(=O)NCCc2nncn2C2CC2)CC1. The zero-order valence-electron chi connectivity index (χ0n) is 13.8. The minimum atomic E-state index is 0.219. The lowest BCUT2D eigenvalue weighted by atomic mass is 9.77. The third kappa shape index (κ3) is 3.68. The molecule has 0 spiro atoms. The van der Waals surface area contributed by atoms with Crippen LogP contribution < -0.4 is 5.32 Å². The summed E-state index contributed by atoms with van der Waals surface area (Å²) in [5, 5.41) is 11.3. The topological polar surface area (TPSA) is 59.8 Å². The van der Waals surface area contributed by atoms with Crippen LogP contribution in [-0.4, -0.2) is 27.2 Å². The third-order valence-electron chi connectivity index (χ3n) is 5.32. The molecule has 1 heterocycles. The van der Waals surface area contributed by atoms with E-state index in [1.54, 1.807) is 0 Å². The zero-order valence-corrected chi connectivity index (χ0v) is 13.8. The van der Waals surface area contributed by atoms with E-state index in [-0.39, 0.29) is 11.8 Å². The molecule has 0 atom stereocenters. The Morgan fingerprint density at radius 1 is 1.27 bits per heavy atom. The molecule has 1 amide bonds. The summed E-state index contributed by atoms with van der Waals surface area (Å²) >= 11 is 0. The van der Waals surface area contributed by atoms with Crippen LogP contribution in [0.4, 0.5) is 0 Å². The van der Waals surface area contributed by atoms with E-state index in [2.05, 4.69) is 33.9 Å². The van der Waals surface area contributed by atoms with E-state index in [0.29, 0.717) is 12.6 Å². The molecule has 2 saturated carbocycles. The monoisotopic (exact) mass is 304 g/mol. The van der Waals surface area contributed by atoms with E-state index in [1.807, 2.05) is 6.33 Å². The number of aromatic nitrogens is 3. The van der Waals surface area contributed by atoms with Gasteiger partial charge in [-0.2, -0.15) is 0 Å². The van der Waals surface area contributed by atoms with E-state index < -0.39 is 0 Å². The van der Waals surface area contributed by atoms with Crippen LogP contribution in [0.2, 0.25) is 0 Å². The van der Waals surface area contributed by atoms with Gasteiger partial charge >= 0.3 is 0 Å². The van der Waals surface area contributed by atoms with Crippen LogP contribution in [0.15, 0.2) is 6.33 Å². The third-order valence-corrected chi connectivity index (χ3v) is 5.32. The molecule has 5 nitrogen and oxygen atoms in total. The number of hydrogen-bond donors (Lipinski definition) is 1. The maximum absolute atomic E-state index is 12.3. The Hall–Kier alpha value is -1.39. The van der Waals surface area contributed by atoms with Gasteiger partial charge in [-0.15, -0.1) is 10.2 Å². The summed E-state index contributed by atoms with van der Waals surface area (Å²) in [4.78, 5) is 12.3. The maximum atomic E-state index is 12.3. The van der Waals surface area contributed by atoms with E-state index in [1.165, 1.54) is 25.7 Å². The number of amides is 1. The minimum Gasteiger partial charge on any atom is -0.355 e. The van der Waals surface area contributed by atoms with Gasteiger partial charge in [0.15, 0.2) is 0 Å². The smallest absolute Gasteiger partial charge is 0.223 e. The normalized spacial score (nSPS) is 25.4. The fraction of sp³-hybridized carbons (Fsp3) is 0.824. The van der Waals surface area contributed by atoms with E-state index >= 15 is 0 Å². The molecule has 0 aliphatic heterocycles. The lowest BCUT2D eigenvalue weighted by molar-refractivity contribution is -0.126. The molecule has 0 bridgehead atoms. The second kappa shape index (κ2) is 6.80. The van der Waals surface area contributed by atoms with Crippen molar-refractivity contribution in [3.8, 4) is 0 Å². The first-order chi connectivity index (χ1) is 10.6. The molecule has 1 aromatic heterocycles. The summed E-state index contributed by atoms with van der Waals surface area (Å²) in [5.74, 6) is 3.02. The van der Waals surface area contributed by atoms with Gasteiger partial charge in [-0.25, -0.2) is 0 Å². The second-order valence-electron chi connectivity index (χ2n) is 7.28. The fourth-order valence-corrected chi connectivity index (χ4v) is 3.59. The van der Waals surface area contributed by atoms with Gasteiger partial charge in [0.25, 0.3) is 0 Å². The number of nitrogens with zero attached hydrogens (tertiary/aromatic N) is 3. The Labute approximate surface area is 132 Å². The van der Waals surface area contributed by atoms with Crippen LogP contribution in [0, 0.1) is 17.8 Å². The zero-order chi connectivity index (χ0) is 15.5. The Bertz CT molecular complexity index is 499. The summed E-state index contributed by atoms with van der Waals surface area (Å²) in [6.45, 7) is 5.26. The Balaban J connectivity index is 1.40. The standard InChI is InChI=1S/C17H28N4O/c1-12(2)13-3-5-14(6-4-13)17(22)18-10-9-16-20-19-11-21(16)15-7-8-15/h11-15H,3-10H2,1-2H3,(H,18,22). The first-order valence-corrected chi connectivity index (χ1v) is 8.81. The van der Waals surface area contributed by atoms with Gasteiger partial charge in [0, 0.05) is 24.9 Å². The van der Waals surface area contributed by atoms with Gasteiger partial charge in [-0.3, -0.25) is 4.79 Å². The van der Waals surface area contributed by atoms with E-state index in [4.69, 9.17) is 0 Å². The predicted octanol–water partition coefficient (Wildman–Crippen LogP) is 2.73. The number of carbonyl (C=O) groups is 1. The highest BCUT2D eigenvalue weighted by Crippen LogP contribution is 2.35. The Morgan fingerprint density at radius 2 is 2.00 bits per heavy atom. The van der Waals surface area contributed by atoms with Crippen LogP contribution in [0.5, 0.6) is 0 Å². The molecular weight excluding hydrogens is 276 g/mol. The molecule has 2 aliphatic carbocycles. The first-order valence-electron chi connectivity index (χ1n) is 8.81. The average Bonchev–Trinajstić information content (AvgIpc) is 3.26. The molecular formula is C17H28N4O. The molecule has 1 aromatic rings. The Kier molecular flexibility index (Phi) is 4.79. The van der Waals surface area contributed by atoms with Crippen molar-refractivity contribution in [1.82, 2.24) is 20.1 Å². The number of nitrogens with one attached hydrogen (secondary N) is 1. The van der Waals surface area contributed by atoms with Gasteiger partial charge < -0.3 is 9.88 Å². The predicted molar refractivity (Wildman–Crippen MR) is 85.3 cm³/mol. The van der Waals surface area contributed by atoms with Crippen molar-refractivity contribution in [2.45, 2.75) is 64.8 Å². The average molecular weight is 304 g/mol. The van der Waals surface area contributed by atoms with E-state index in [0.717, 1.165) is 36.9 Å². The van der Waals surface area contributed by atoms with Crippen LogP contribution >= 0.6 is 0 Å². The summed E-state index contributed by atoms with van der Waals surface area (Å²) in [7, 11) is 0. The van der Waals surface area contributed by atoms with Crippen molar-refractivity contribution in [2.75, 3.05) is 6.54 Å². The van der Waals surface area contributed by atoms with Gasteiger partial charge in [0.2, 0.25) is 5.91 Å². The van der Waals surface area contributed by atoms with Gasteiger partial charge in [-0.05, 0) is 50.4 Å². The molecule has 0 unspecified atom stereocenters. The molecule has 5 heteroatoms. The summed E-state index contributed by atoms with van der Waals surface area (Å²) in [6.07, 6.45) is 9.57. The molecule has 122 valence electrons. The van der Waals surface area contributed by atoms with Crippen LogP contribution in [0.1, 0.15) is 64.2 Å². The molecule has 0 saturated heterocycles. The summed E-state index contributed by atoms with van der Waals surface area (Å²) < 4.78 is 2.17. The van der Waals surface area contributed by atoms with Crippen molar-refractivity contribution in [3.05, 3.63) is 12.2 Å². The minimum absolute atomic E-state index is 0.219. The van der Waals surface area contributed by atoms with Gasteiger partial charge in [0.1, 0.15) is 12.2 Å². The second-order valence-corrected chi connectivity index (χ2v) is 7.28. The van der Waals surface area contributed by atoms with E-state index in [9.17, 15) is 4.79 Å². The lowest BCUT2D eigenvalue weighted by Gasteiger charge is -2.30. The van der Waals surface area contributed by atoms with Crippen molar-refractivity contribution in [2.24, 2.45) is 17.8 Å². The van der Waals surface area contributed by atoms with Crippen molar-refractivity contribution in [1.29, 1.82) is 0 Å². The highest BCUT2D eigenvalue weighted by molar-refractivity contribution is 5.78. The highest BCUT2D eigenvalue weighted by Gasteiger charge is 2.28. The van der Waals surface area contributed by atoms with Crippen molar-refractivity contribution in [3.63, 3.8) is 0 Å². The molecule has 0 radical (unpaired) electrons. The first kappa shape index (κ1) is 15.5. The highest BCUT2D eigenvalue weighted by atomic mass is 16.1. The lowest BCUT2D eigenvalue weighted by Crippen LogP contribution is -2.35. The fourth-order valence-electron chi connectivity index (χ4n) is 3.59. The van der Waals surface area contributed by atoms with Crippen molar-refractivity contribution >= 4 is 5.91 Å². The summed E-state index contributed by atoms with van der Waals surface area (Å²) in [6, 6.07) is 0.604. The molecule has 0 aromatic carbocycles. The number of carbonyl (C=O) groups excluding carboxylic acids is 1. The molecule has 1 N–H and O–H groups in total. The Morgan fingerprint density at radius 3 is 2.64 bits per heavy atom. The maximum Gasteiger partial charge on any atom is 0.223 e. The van der Waals surface area contributed by atoms with Crippen LogP contribution in [0.25, 0.3) is 0 Å². The van der Waals surface area contributed by atoms with Crippen LogP contribution in [0.3, 0.4) is 0 Å². The largest absolute Gasteiger partial charge is 0.355 e. The molecule has 22 heavy (non-hydrogen) atoms. The number of hydrogen-bond acceptors (Lipinski definition) is 3. The van der Waals surface area contributed by atoms with Gasteiger partial charge in [-0.1, -0.05) is 13.8 Å². The van der Waals surface area contributed by atoms with Crippen molar-refractivity contribution < 1.29 is 4.79 Å². The molecule has 3 rings (SSSR count).